The first-order valence-corrected chi connectivity index (χ1v) is 5.62. The second kappa shape index (κ2) is 4.82. The predicted octanol–water partition coefficient (Wildman–Crippen LogP) is 1.73. The van der Waals surface area contributed by atoms with Crippen molar-refractivity contribution in [3.8, 4) is 0 Å². The number of hydrazine groups is 1. The van der Waals surface area contributed by atoms with Crippen molar-refractivity contribution < 1.29 is 14.7 Å². The maximum atomic E-state index is 11.3. The maximum Gasteiger partial charge on any atom is 0.422 e. The quantitative estimate of drug-likeness (QED) is 0.742. The first kappa shape index (κ1) is 13.0. The number of carbonyl (C=O) groups is 2. The van der Waals surface area contributed by atoms with E-state index in [9.17, 15) is 14.7 Å². The van der Waals surface area contributed by atoms with Gasteiger partial charge in [0, 0.05) is 25.9 Å². The average Bonchev–Trinajstić information content (AvgIpc) is 2.28. The Bertz CT molecular complexity index is 283. The van der Waals surface area contributed by atoms with Crippen LogP contribution in [0.25, 0.3) is 0 Å². The Hall–Kier alpha value is -1.10. The summed E-state index contributed by atoms with van der Waals surface area (Å²) in [6.45, 7) is 6.70. The fraction of sp³-hybridized carbons (Fsp3) is 0.818. The summed E-state index contributed by atoms with van der Waals surface area (Å²) in [5.74, 6) is 0.224. The fourth-order valence-corrected chi connectivity index (χ4v) is 1.98. The maximum absolute atomic E-state index is 11.3. The van der Waals surface area contributed by atoms with E-state index in [-0.39, 0.29) is 5.78 Å². The van der Waals surface area contributed by atoms with E-state index in [0.29, 0.717) is 25.9 Å². The molecule has 0 bridgehead atoms. The zero-order valence-corrected chi connectivity index (χ0v) is 10.2. The van der Waals surface area contributed by atoms with E-state index in [0.717, 1.165) is 6.42 Å². The number of ketones is 1. The van der Waals surface area contributed by atoms with Crippen LogP contribution < -0.4 is 0 Å². The highest BCUT2D eigenvalue weighted by molar-refractivity contribution is 5.78. The summed E-state index contributed by atoms with van der Waals surface area (Å²) < 4.78 is 0. The lowest BCUT2D eigenvalue weighted by molar-refractivity contribution is -0.119. The summed E-state index contributed by atoms with van der Waals surface area (Å²) in [6.07, 6.45) is 0.786. The highest BCUT2D eigenvalue weighted by atomic mass is 16.4. The Morgan fingerprint density at radius 1 is 1.31 bits per heavy atom. The largest absolute Gasteiger partial charge is 0.464 e. The van der Waals surface area contributed by atoms with Gasteiger partial charge in [-0.15, -0.1) is 0 Å². The molecule has 1 heterocycles. The molecule has 0 aromatic heterocycles. The molecule has 0 radical (unpaired) electrons. The highest BCUT2D eigenvalue weighted by Gasteiger charge is 2.32. The SMILES string of the molecule is CC(C)(C)N(C(=O)O)N1CCCC(=O)CC1. The van der Waals surface area contributed by atoms with Gasteiger partial charge >= 0.3 is 6.09 Å². The minimum atomic E-state index is -0.957. The van der Waals surface area contributed by atoms with Crippen LogP contribution >= 0.6 is 0 Å². The summed E-state index contributed by atoms with van der Waals surface area (Å²) in [5, 5.41) is 12.3. The van der Waals surface area contributed by atoms with Crippen molar-refractivity contribution in [2.75, 3.05) is 13.1 Å². The van der Waals surface area contributed by atoms with Crippen molar-refractivity contribution in [1.82, 2.24) is 10.0 Å². The lowest BCUT2D eigenvalue weighted by Gasteiger charge is -2.41. The smallest absolute Gasteiger partial charge is 0.422 e. The zero-order chi connectivity index (χ0) is 12.3. The van der Waals surface area contributed by atoms with E-state index in [1.165, 1.54) is 5.01 Å². The molecule has 0 aromatic carbocycles. The van der Waals surface area contributed by atoms with E-state index in [1.54, 1.807) is 5.01 Å². The summed E-state index contributed by atoms with van der Waals surface area (Å²) in [7, 11) is 0. The number of hydrogen-bond donors (Lipinski definition) is 1. The topological polar surface area (TPSA) is 60.9 Å². The van der Waals surface area contributed by atoms with Crippen LogP contribution in [-0.4, -0.2) is 45.6 Å². The summed E-state index contributed by atoms with van der Waals surface area (Å²) in [5.41, 5.74) is -0.473. The van der Waals surface area contributed by atoms with Gasteiger partial charge in [0.05, 0.1) is 5.54 Å². The molecule has 1 rings (SSSR count). The number of carboxylic acid groups (broad SMARTS) is 1. The minimum Gasteiger partial charge on any atom is -0.464 e. The molecule has 0 aromatic rings. The van der Waals surface area contributed by atoms with E-state index in [2.05, 4.69) is 0 Å². The van der Waals surface area contributed by atoms with Crippen molar-refractivity contribution in [3.63, 3.8) is 0 Å². The molecule has 16 heavy (non-hydrogen) atoms. The molecule has 1 aliphatic rings. The van der Waals surface area contributed by atoms with Gasteiger partial charge in [0.2, 0.25) is 0 Å². The van der Waals surface area contributed by atoms with E-state index in [1.807, 2.05) is 20.8 Å². The molecule has 0 spiro atoms. The Labute approximate surface area is 96.0 Å². The average molecular weight is 228 g/mol. The van der Waals surface area contributed by atoms with Crippen molar-refractivity contribution >= 4 is 11.9 Å². The van der Waals surface area contributed by atoms with Gasteiger partial charge in [0.1, 0.15) is 5.78 Å². The normalized spacial score (nSPS) is 19.3. The number of Topliss-reactive ketones (excluding diaryl/α,β-unsaturated/α-hetero) is 1. The summed E-state index contributed by atoms with van der Waals surface area (Å²) in [6, 6.07) is 0. The van der Waals surface area contributed by atoms with Crippen LogP contribution in [0.15, 0.2) is 0 Å². The molecule has 1 amide bonds. The van der Waals surface area contributed by atoms with Crippen LogP contribution in [0.1, 0.15) is 40.0 Å². The van der Waals surface area contributed by atoms with Gasteiger partial charge in [0.15, 0.2) is 0 Å². The monoisotopic (exact) mass is 228 g/mol. The molecule has 5 nitrogen and oxygen atoms in total. The second-order valence-electron chi connectivity index (χ2n) is 5.11. The Balaban J connectivity index is 2.78. The number of nitrogens with zero attached hydrogens (tertiary/aromatic N) is 2. The number of amides is 1. The Morgan fingerprint density at radius 2 is 1.94 bits per heavy atom. The third kappa shape index (κ3) is 3.20. The van der Waals surface area contributed by atoms with Crippen LogP contribution in [-0.2, 0) is 4.79 Å². The minimum absolute atomic E-state index is 0.224. The van der Waals surface area contributed by atoms with Crippen molar-refractivity contribution in [1.29, 1.82) is 0 Å². The van der Waals surface area contributed by atoms with E-state index in [4.69, 9.17) is 0 Å². The van der Waals surface area contributed by atoms with Gasteiger partial charge in [-0.1, -0.05) is 0 Å². The van der Waals surface area contributed by atoms with E-state index < -0.39 is 11.6 Å². The van der Waals surface area contributed by atoms with Gasteiger partial charge in [-0.05, 0) is 27.2 Å². The number of rotatable bonds is 1. The van der Waals surface area contributed by atoms with E-state index >= 15 is 0 Å². The van der Waals surface area contributed by atoms with Crippen LogP contribution in [0.5, 0.6) is 0 Å². The standard InChI is InChI=1S/C11H20N2O3/c1-11(2,3)13(10(15)16)12-7-4-5-9(14)6-8-12/h4-8H2,1-3H3,(H,15,16). The zero-order valence-electron chi connectivity index (χ0n) is 10.2. The molecule has 1 N–H and O–H groups in total. The summed E-state index contributed by atoms with van der Waals surface area (Å²) in [4.78, 5) is 22.5. The van der Waals surface area contributed by atoms with Gasteiger partial charge < -0.3 is 5.11 Å². The van der Waals surface area contributed by atoms with Crippen LogP contribution in [0.3, 0.4) is 0 Å². The Morgan fingerprint density at radius 3 is 2.44 bits per heavy atom. The van der Waals surface area contributed by atoms with Gasteiger partial charge in [-0.2, -0.15) is 0 Å². The molecule has 0 aliphatic carbocycles. The van der Waals surface area contributed by atoms with Crippen molar-refractivity contribution in [2.24, 2.45) is 0 Å². The molecule has 5 heteroatoms. The van der Waals surface area contributed by atoms with Crippen molar-refractivity contribution in [2.45, 2.75) is 45.6 Å². The molecule has 0 unspecified atom stereocenters. The van der Waals surface area contributed by atoms with Gasteiger partial charge in [0.25, 0.3) is 0 Å². The first-order chi connectivity index (χ1) is 7.32. The molecule has 0 atom stereocenters. The summed E-state index contributed by atoms with van der Waals surface area (Å²) >= 11 is 0. The first-order valence-electron chi connectivity index (χ1n) is 5.62. The van der Waals surface area contributed by atoms with Gasteiger partial charge in [-0.3, -0.25) is 4.79 Å². The van der Waals surface area contributed by atoms with Crippen LogP contribution in [0.2, 0.25) is 0 Å². The molecule has 1 aliphatic heterocycles. The second-order valence-corrected chi connectivity index (χ2v) is 5.11. The third-order valence-electron chi connectivity index (χ3n) is 2.62. The fourth-order valence-electron chi connectivity index (χ4n) is 1.98. The third-order valence-corrected chi connectivity index (χ3v) is 2.62. The van der Waals surface area contributed by atoms with Gasteiger partial charge in [-0.25, -0.2) is 14.8 Å². The lowest BCUT2D eigenvalue weighted by atomic mass is 10.1. The number of carbonyl (C=O) groups excluding carboxylic acids is 1. The molecule has 0 saturated carbocycles. The molecular weight excluding hydrogens is 208 g/mol. The van der Waals surface area contributed by atoms with Crippen molar-refractivity contribution in [3.05, 3.63) is 0 Å². The number of hydrogen-bond acceptors (Lipinski definition) is 3. The molecule has 1 fully saturated rings. The molecular formula is C11H20N2O3. The molecule has 1 saturated heterocycles. The van der Waals surface area contributed by atoms with Crippen LogP contribution in [0, 0.1) is 0 Å². The van der Waals surface area contributed by atoms with Crippen LogP contribution in [0.4, 0.5) is 4.79 Å². The molecule has 92 valence electrons. The highest BCUT2D eigenvalue weighted by Crippen LogP contribution is 2.19. The Kier molecular flexibility index (Phi) is 3.91. The predicted molar refractivity (Wildman–Crippen MR) is 60.0 cm³/mol. The lowest BCUT2D eigenvalue weighted by Crippen LogP contribution is -2.55.